The van der Waals surface area contributed by atoms with Crippen molar-refractivity contribution in [1.29, 1.82) is 0 Å². The van der Waals surface area contributed by atoms with Gasteiger partial charge in [0.05, 0.1) is 6.04 Å². The second-order valence-electron chi connectivity index (χ2n) is 7.09. The molecule has 0 aromatic carbocycles. The third kappa shape index (κ3) is 2.96. The molecular formula is C19H27N3O. The summed E-state index contributed by atoms with van der Waals surface area (Å²) in [6, 6.07) is 2.10. The van der Waals surface area contributed by atoms with Crippen LogP contribution in [0.3, 0.4) is 0 Å². The predicted octanol–water partition coefficient (Wildman–Crippen LogP) is 4.84. The minimum absolute atomic E-state index is 0.0570. The van der Waals surface area contributed by atoms with Crippen LogP contribution >= 0.6 is 0 Å². The van der Waals surface area contributed by atoms with Gasteiger partial charge in [0.15, 0.2) is 0 Å². The zero-order chi connectivity index (χ0) is 16.3. The summed E-state index contributed by atoms with van der Waals surface area (Å²) in [7, 11) is 0. The van der Waals surface area contributed by atoms with Crippen LogP contribution in [0, 0.1) is 17.7 Å². The molecule has 0 N–H and O–H groups in total. The molecule has 0 bridgehead atoms. The number of nitrogens with zero attached hydrogens (tertiary/aromatic N) is 3. The number of hydrogen-bond acceptors (Lipinski definition) is 4. The maximum atomic E-state index is 11.9. The van der Waals surface area contributed by atoms with Crippen molar-refractivity contribution in [3.63, 3.8) is 0 Å². The minimum atomic E-state index is -0.447. The Morgan fingerprint density at radius 2 is 2.13 bits per heavy atom. The Bertz CT molecular complexity index is 596. The summed E-state index contributed by atoms with van der Waals surface area (Å²) in [4.78, 5) is 21.2. The SMILES string of the molecule is CCC(=NC1CCCC2CCCCC21N=O)c1ccncc1C. The Kier molecular flexibility index (Phi) is 4.88. The first kappa shape index (κ1) is 16.3. The van der Waals surface area contributed by atoms with Gasteiger partial charge in [0.1, 0.15) is 5.54 Å². The summed E-state index contributed by atoms with van der Waals surface area (Å²) in [6.07, 6.45) is 12.3. The lowest BCUT2D eigenvalue weighted by Gasteiger charge is -2.46. The molecule has 23 heavy (non-hydrogen) atoms. The average molecular weight is 313 g/mol. The molecule has 2 fully saturated rings. The molecule has 4 heteroatoms. The van der Waals surface area contributed by atoms with Crippen molar-refractivity contribution < 1.29 is 0 Å². The van der Waals surface area contributed by atoms with Gasteiger partial charge in [0.25, 0.3) is 0 Å². The number of fused-ring (bicyclic) bond motifs is 1. The van der Waals surface area contributed by atoms with Gasteiger partial charge in [-0.2, -0.15) is 4.91 Å². The van der Waals surface area contributed by atoms with E-state index in [2.05, 4.69) is 24.0 Å². The molecule has 2 aliphatic rings. The Labute approximate surface area is 138 Å². The van der Waals surface area contributed by atoms with Crippen molar-refractivity contribution in [1.82, 2.24) is 4.98 Å². The van der Waals surface area contributed by atoms with Gasteiger partial charge in [0, 0.05) is 23.7 Å². The first-order valence-electron chi connectivity index (χ1n) is 9.03. The molecule has 3 atom stereocenters. The number of hydrogen-bond donors (Lipinski definition) is 0. The number of pyridine rings is 1. The highest BCUT2D eigenvalue weighted by Crippen LogP contribution is 2.47. The smallest absolute Gasteiger partial charge is 0.128 e. The normalized spacial score (nSPS) is 31.5. The van der Waals surface area contributed by atoms with Gasteiger partial charge in [-0.15, -0.1) is 0 Å². The summed E-state index contributed by atoms with van der Waals surface area (Å²) >= 11 is 0. The van der Waals surface area contributed by atoms with Crippen LogP contribution in [0.5, 0.6) is 0 Å². The lowest BCUT2D eigenvalue weighted by Crippen LogP contribution is -2.51. The van der Waals surface area contributed by atoms with Gasteiger partial charge in [-0.1, -0.05) is 31.4 Å². The fourth-order valence-electron chi connectivity index (χ4n) is 4.59. The van der Waals surface area contributed by atoms with Crippen molar-refractivity contribution in [2.24, 2.45) is 16.1 Å². The highest BCUT2D eigenvalue weighted by atomic mass is 16.3. The van der Waals surface area contributed by atoms with Gasteiger partial charge in [-0.05, 0) is 56.6 Å². The van der Waals surface area contributed by atoms with E-state index in [9.17, 15) is 4.91 Å². The lowest BCUT2D eigenvalue weighted by atomic mass is 9.63. The van der Waals surface area contributed by atoms with Crippen molar-refractivity contribution in [3.8, 4) is 0 Å². The van der Waals surface area contributed by atoms with E-state index < -0.39 is 5.54 Å². The van der Waals surface area contributed by atoms with Crippen LogP contribution < -0.4 is 0 Å². The van der Waals surface area contributed by atoms with Crippen LogP contribution in [0.4, 0.5) is 0 Å². The summed E-state index contributed by atoms with van der Waals surface area (Å²) in [5, 5.41) is 3.72. The predicted molar refractivity (Wildman–Crippen MR) is 93.9 cm³/mol. The van der Waals surface area contributed by atoms with E-state index in [1.54, 1.807) is 0 Å². The Morgan fingerprint density at radius 3 is 2.87 bits per heavy atom. The molecule has 0 aliphatic heterocycles. The molecule has 1 heterocycles. The molecule has 1 aromatic heterocycles. The lowest BCUT2D eigenvalue weighted by molar-refractivity contribution is 0.109. The monoisotopic (exact) mass is 313 g/mol. The van der Waals surface area contributed by atoms with E-state index in [1.165, 1.54) is 18.4 Å². The molecular weight excluding hydrogens is 286 g/mol. The summed E-state index contributed by atoms with van der Waals surface area (Å²) in [5.74, 6) is 0.438. The quantitative estimate of drug-likeness (QED) is 0.590. The summed E-state index contributed by atoms with van der Waals surface area (Å²) in [5.41, 5.74) is 2.97. The van der Waals surface area contributed by atoms with E-state index in [0.717, 1.165) is 49.8 Å². The maximum absolute atomic E-state index is 11.9. The van der Waals surface area contributed by atoms with Crippen molar-refractivity contribution in [2.75, 3.05) is 0 Å². The number of aliphatic imine (C=N–C) groups is 1. The number of aryl methyl sites for hydroxylation is 1. The zero-order valence-electron chi connectivity index (χ0n) is 14.3. The highest BCUT2D eigenvalue weighted by Gasteiger charge is 2.50. The van der Waals surface area contributed by atoms with E-state index in [0.29, 0.717) is 5.92 Å². The van der Waals surface area contributed by atoms with E-state index in [4.69, 9.17) is 4.99 Å². The molecule has 2 aliphatic carbocycles. The topological polar surface area (TPSA) is 54.7 Å². The second-order valence-corrected chi connectivity index (χ2v) is 7.09. The van der Waals surface area contributed by atoms with Crippen molar-refractivity contribution in [3.05, 3.63) is 34.5 Å². The molecule has 2 saturated carbocycles. The summed E-state index contributed by atoms with van der Waals surface area (Å²) in [6.45, 7) is 4.21. The summed E-state index contributed by atoms with van der Waals surface area (Å²) < 4.78 is 0. The average Bonchev–Trinajstić information content (AvgIpc) is 2.60. The number of nitroso groups, excluding NO2 is 1. The zero-order valence-corrected chi connectivity index (χ0v) is 14.3. The number of rotatable bonds is 4. The Balaban J connectivity index is 1.97. The molecule has 3 unspecified atom stereocenters. The van der Waals surface area contributed by atoms with Gasteiger partial charge in [0.2, 0.25) is 0 Å². The van der Waals surface area contributed by atoms with Crippen LogP contribution in [0.25, 0.3) is 0 Å². The van der Waals surface area contributed by atoms with E-state index in [1.807, 2.05) is 18.5 Å². The van der Waals surface area contributed by atoms with Crippen molar-refractivity contribution >= 4 is 5.71 Å². The van der Waals surface area contributed by atoms with E-state index in [-0.39, 0.29) is 6.04 Å². The maximum Gasteiger partial charge on any atom is 0.128 e. The molecule has 0 amide bonds. The van der Waals surface area contributed by atoms with Crippen LogP contribution in [0.15, 0.2) is 28.6 Å². The molecule has 0 spiro atoms. The largest absolute Gasteiger partial charge is 0.283 e. The number of aromatic nitrogens is 1. The fraction of sp³-hybridized carbons (Fsp3) is 0.684. The molecule has 0 radical (unpaired) electrons. The Hall–Kier alpha value is -1.58. The molecule has 0 saturated heterocycles. The fourth-order valence-corrected chi connectivity index (χ4v) is 4.59. The second kappa shape index (κ2) is 6.90. The van der Waals surface area contributed by atoms with Crippen molar-refractivity contribution in [2.45, 2.75) is 76.8 Å². The molecule has 124 valence electrons. The van der Waals surface area contributed by atoms with Crippen LogP contribution in [-0.2, 0) is 0 Å². The highest BCUT2D eigenvalue weighted by molar-refractivity contribution is 6.01. The first-order valence-corrected chi connectivity index (χ1v) is 9.03. The van der Waals surface area contributed by atoms with Gasteiger partial charge in [-0.25, -0.2) is 0 Å². The molecule has 1 aromatic rings. The van der Waals surface area contributed by atoms with Crippen LogP contribution in [0.1, 0.15) is 69.4 Å². The van der Waals surface area contributed by atoms with Gasteiger partial charge < -0.3 is 0 Å². The van der Waals surface area contributed by atoms with Gasteiger partial charge in [-0.3, -0.25) is 9.98 Å². The Morgan fingerprint density at radius 1 is 1.30 bits per heavy atom. The van der Waals surface area contributed by atoms with E-state index >= 15 is 0 Å². The minimum Gasteiger partial charge on any atom is -0.283 e. The standard InChI is InChI=1S/C19H27N3O/c1-3-17(16-10-12-20-13-14(16)2)21-18-9-6-8-15-7-4-5-11-19(15,18)22-23/h10,12-13,15,18H,3-9,11H2,1-2H3. The molecule has 4 nitrogen and oxygen atoms in total. The van der Waals surface area contributed by atoms with Crippen LogP contribution in [0.2, 0.25) is 0 Å². The third-order valence-corrected chi connectivity index (χ3v) is 5.84. The van der Waals surface area contributed by atoms with Crippen LogP contribution in [-0.4, -0.2) is 22.3 Å². The molecule has 3 rings (SSSR count). The first-order chi connectivity index (χ1) is 11.2. The third-order valence-electron chi connectivity index (χ3n) is 5.84. The van der Waals surface area contributed by atoms with Gasteiger partial charge >= 0.3 is 0 Å².